The van der Waals surface area contributed by atoms with Gasteiger partial charge in [0.15, 0.2) is 0 Å². The van der Waals surface area contributed by atoms with Crippen molar-refractivity contribution in [3.63, 3.8) is 0 Å². The zero-order valence-corrected chi connectivity index (χ0v) is 25.9. The number of aliphatic carboxylic acids is 1. The molecule has 0 saturated carbocycles. The van der Waals surface area contributed by atoms with E-state index in [4.69, 9.17) is 0 Å². The number of thioether (sulfide) groups is 1. The van der Waals surface area contributed by atoms with Crippen LogP contribution < -0.4 is 0 Å². The number of likely N-dealkylation sites (tertiary alicyclic amines) is 1. The number of fused-ring (bicyclic) bond motifs is 1. The molecule has 39 heavy (non-hydrogen) atoms. The fourth-order valence-corrected chi connectivity index (χ4v) is 11.1. The number of nitrogens with zero attached hydrogens (tertiary/aromatic N) is 2. The molecule has 4 rings (SSSR count). The topological polar surface area (TPSA) is 98.2 Å². The van der Waals surface area contributed by atoms with Crippen molar-refractivity contribution < 1.29 is 24.6 Å². The first-order valence-electron chi connectivity index (χ1n) is 13.6. The number of aliphatic hydroxyl groups excluding tert-OH is 1. The molecule has 1 aromatic rings. The van der Waals surface area contributed by atoms with E-state index in [1.54, 1.807) is 11.0 Å². The van der Waals surface area contributed by atoms with Crippen LogP contribution in [-0.4, -0.2) is 83.4 Å². The number of carbonyl (C=O) groups is 3. The van der Waals surface area contributed by atoms with Crippen LogP contribution in [0.5, 0.6) is 0 Å². The summed E-state index contributed by atoms with van der Waals surface area (Å²) >= 11 is 5.19. The normalized spacial score (nSPS) is 30.8. The van der Waals surface area contributed by atoms with Gasteiger partial charge >= 0.3 is 5.97 Å². The fraction of sp³-hybridized carbons (Fsp3) is 0.633. The molecule has 0 radical (unpaired) electrons. The van der Waals surface area contributed by atoms with Crippen LogP contribution >= 0.6 is 27.7 Å². The van der Waals surface area contributed by atoms with E-state index in [1.165, 1.54) is 11.8 Å². The molecule has 1 spiro atoms. The Balaban J connectivity index is 1.84. The summed E-state index contributed by atoms with van der Waals surface area (Å²) in [5, 5.41) is 20.6. The van der Waals surface area contributed by atoms with E-state index in [0.29, 0.717) is 19.4 Å². The molecule has 3 heterocycles. The summed E-state index contributed by atoms with van der Waals surface area (Å²) in [7, 11) is 0. The van der Waals surface area contributed by atoms with Gasteiger partial charge in [0.2, 0.25) is 11.8 Å². The van der Waals surface area contributed by atoms with Gasteiger partial charge in [-0.15, -0.1) is 18.3 Å². The van der Waals surface area contributed by atoms with Crippen LogP contribution in [0.4, 0.5) is 0 Å². The van der Waals surface area contributed by atoms with Gasteiger partial charge in [-0.3, -0.25) is 14.4 Å². The lowest BCUT2D eigenvalue weighted by Crippen LogP contribution is -2.62. The highest BCUT2D eigenvalue weighted by atomic mass is 79.9. The van der Waals surface area contributed by atoms with Gasteiger partial charge in [0.05, 0.1) is 29.2 Å². The van der Waals surface area contributed by atoms with E-state index < -0.39 is 40.2 Å². The van der Waals surface area contributed by atoms with Crippen molar-refractivity contribution in [2.75, 3.05) is 13.2 Å². The van der Waals surface area contributed by atoms with Crippen LogP contribution in [0.2, 0.25) is 0 Å². The Morgan fingerprint density at radius 3 is 2.44 bits per heavy atom. The van der Waals surface area contributed by atoms with E-state index >= 15 is 0 Å². The van der Waals surface area contributed by atoms with Crippen molar-refractivity contribution in [1.82, 2.24) is 9.80 Å². The third-order valence-electron chi connectivity index (χ3n) is 8.44. The van der Waals surface area contributed by atoms with E-state index in [9.17, 15) is 24.6 Å². The molecular weight excluding hydrogens is 580 g/mol. The summed E-state index contributed by atoms with van der Waals surface area (Å²) in [6.07, 6.45) is 3.31. The van der Waals surface area contributed by atoms with Crippen LogP contribution in [0.1, 0.15) is 53.0 Å². The maximum atomic E-state index is 14.8. The minimum atomic E-state index is -1.01. The second kappa shape index (κ2) is 10.9. The number of halogens is 1. The van der Waals surface area contributed by atoms with Crippen molar-refractivity contribution in [3.05, 3.63) is 48.6 Å². The predicted octanol–water partition coefficient (Wildman–Crippen LogP) is 4.37. The average molecular weight is 622 g/mol. The molecule has 3 saturated heterocycles. The zero-order valence-electron chi connectivity index (χ0n) is 23.5. The minimum Gasteiger partial charge on any atom is -0.481 e. The molecule has 7 atom stereocenters. The van der Waals surface area contributed by atoms with Crippen LogP contribution in [-0.2, 0) is 20.8 Å². The lowest BCUT2D eigenvalue weighted by atomic mass is 9.70. The summed E-state index contributed by atoms with van der Waals surface area (Å²) in [6.45, 7) is 14.4. The molecule has 7 nitrogen and oxygen atoms in total. The number of aliphatic hydroxyl groups is 1. The van der Waals surface area contributed by atoms with Gasteiger partial charge in [-0.05, 0) is 44.1 Å². The molecule has 3 fully saturated rings. The Hall–Kier alpha value is -1.84. The first-order valence-corrected chi connectivity index (χ1v) is 15.4. The van der Waals surface area contributed by atoms with E-state index in [2.05, 4.69) is 43.3 Å². The van der Waals surface area contributed by atoms with Crippen LogP contribution in [0.15, 0.2) is 43.0 Å². The van der Waals surface area contributed by atoms with Gasteiger partial charge in [-0.2, -0.15) is 0 Å². The van der Waals surface area contributed by atoms with Gasteiger partial charge in [0.25, 0.3) is 0 Å². The van der Waals surface area contributed by atoms with Crippen LogP contribution in [0, 0.1) is 17.3 Å². The highest BCUT2D eigenvalue weighted by Gasteiger charge is 2.76. The van der Waals surface area contributed by atoms with Crippen molar-refractivity contribution in [2.24, 2.45) is 17.3 Å². The number of rotatable bonds is 10. The number of alkyl halides is 1. The Bertz CT molecular complexity index is 1120. The average Bonchev–Trinajstić information content (AvgIpc) is 3.43. The molecule has 3 aliphatic rings. The fourth-order valence-electron chi connectivity index (χ4n) is 7.46. The molecule has 3 aliphatic heterocycles. The van der Waals surface area contributed by atoms with Gasteiger partial charge < -0.3 is 20.0 Å². The van der Waals surface area contributed by atoms with Crippen molar-refractivity contribution in [1.29, 1.82) is 0 Å². The minimum absolute atomic E-state index is 0.0634. The molecule has 214 valence electrons. The number of carbonyl (C=O) groups excluding carboxylic acids is 2. The van der Waals surface area contributed by atoms with Crippen molar-refractivity contribution >= 4 is 45.5 Å². The first-order chi connectivity index (χ1) is 18.2. The molecular formula is C30H41BrN2O5S. The Kier molecular flexibility index (Phi) is 8.39. The largest absolute Gasteiger partial charge is 0.481 e. The number of amides is 2. The second-order valence-corrected chi connectivity index (χ2v) is 15.8. The SMILES string of the molecule is C=CCN(C(=O)C1N([C@@H](CO)Cc2ccccc2)C(=O)[C@@H]2[C@H](C(=O)O)[C@H]3SC12CC3Br)C(C)(C)CC(C)(C)C. The van der Waals surface area contributed by atoms with Gasteiger partial charge in [0.1, 0.15) is 6.04 Å². The summed E-state index contributed by atoms with van der Waals surface area (Å²) < 4.78 is -0.891. The molecule has 3 unspecified atom stereocenters. The van der Waals surface area contributed by atoms with Gasteiger partial charge in [-0.1, -0.05) is 73.1 Å². The van der Waals surface area contributed by atoms with Crippen LogP contribution in [0.3, 0.4) is 0 Å². The lowest BCUT2D eigenvalue weighted by molar-refractivity contribution is -0.150. The molecule has 1 aromatic carbocycles. The monoisotopic (exact) mass is 620 g/mol. The third kappa shape index (κ3) is 5.31. The van der Waals surface area contributed by atoms with Crippen molar-refractivity contribution in [2.45, 2.75) is 86.3 Å². The summed E-state index contributed by atoms with van der Waals surface area (Å²) in [5.74, 6) is -3.27. The molecule has 9 heteroatoms. The highest BCUT2D eigenvalue weighted by Crippen LogP contribution is 2.68. The molecule has 2 N–H and O–H groups in total. The number of hydrogen-bond donors (Lipinski definition) is 2. The van der Waals surface area contributed by atoms with Gasteiger partial charge in [-0.25, -0.2) is 0 Å². The summed E-state index contributed by atoms with van der Waals surface area (Å²) in [5.41, 5.74) is 0.320. The lowest BCUT2D eigenvalue weighted by Gasteiger charge is -2.46. The highest BCUT2D eigenvalue weighted by molar-refractivity contribution is 9.09. The maximum Gasteiger partial charge on any atom is 0.308 e. The Labute approximate surface area is 244 Å². The third-order valence-corrected chi connectivity index (χ3v) is 11.7. The summed E-state index contributed by atoms with van der Waals surface area (Å²) in [6, 6.07) is 8.03. The number of carboxylic acid groups (broad SMARTS) is 1. The predicted molar refractivity (Wildman–Crippen MR) is 158 cm³/mol. The zero-order chi connectivity index (χ0) is 28.9. The smallest absolute Gasteiger partial charge is 0.308 e. The quantitative estimate of drug-likeness (QED) is 0.298. The molecule has 0 aliphatic carbocycles. The number of hydrogen-bond acceptors (Lipinski definition) is 5. The molecule has 2 bridgehead atoms. The number of carboxylic acids is 1. The van der Waals surface area contributed by atoms with E-state index in [0.717, 1.165) is 12.0 Å². The Morgan fingerprint density at radius 1 is 1.26 bits per heavy atom. The maximum absolute atomic E-state index is 14.8. The molecule has 2 amide bonds. The second-order valence-electron chi connectivity index (χ2n) is 13.1. The van der Waals surface area contributed by atoms with Gasteiger partial charge in [0, 0.05) is 22.2 Å². The number of benzene rings is 1. The van der Waals surface area contributed by atoms with E-state index in [1.807, 2.05) is 49.1 Å². The summed E-state index contributed by atoms with van der Waals surface area (Å²) in [4.78, 5) is 44.9. The standard InChI is InChI=1S/C30H41BrN2O5S/c1-7-13-32(29(5,6)17-28(2,3)4)26(36)24-30-15-20(31)23(39-30)21(27(37)38)22(30)25(35)33(24)19(16-34)14-18-11-9-8-10-12-18/h7-12,19-24,34H,1,13-17H2,2-6H3,(H,37,38)/t19-,20?,21+,22+,23+,24?,30?/m1/s1. The Morgan fingerprint density at radius 2 is 1.90 bits per heavy atom. The first kappa shape index (κ1) is 30.1. The van der Waals surface area contributed by atoms with Crippen molar-refractivity contribution in [3.8, 4) is 0 Å². The van der Waals surface area contributed by atoms with E-state index in [-0.39, 0.29) is 33.9 Å². The van der Waals surface area contributed by atoms with Crippen LogP contribution in [0.25, 0.3) is 0 Å². The molecule has 0 aromatic heterocycles.